The van der Waals surface area contributed by atoms with Crippen molar-refractivity contribution in [1.29, 1.82) is 0 Å². The molecule has 0 saturated carbocycles. The Bertz CT molecular complexity index is 440. The highest BCUT2D eigenvalue weighted by Crippen LogP contribution is 2.19. The molecule has 92 valence electrons. The number of carboxylic acid groups (broad SMARTS) is 1. The molecule has 0 bridgehead atoms. The average Bonchev–Trinajstić information content (AvgIpc) is 2.28. The molecular formula is C10H10BrFN2O3. The molecule has 0 fully saturated rings. The first-order valence-electron chi connectivity index (χ1n) is 4.67. The Labute approximate surface area is 105 Å². The highest BCUT2D eigenvalue weighted by molar-refractivity contribution is 9.10. The zero-order chi connectivity index (χ0) is 12.8. The van der Waals surface area contributed by atoms with Crippen LogP contribution in [0.1, 0.15) is 5.56 Å². The monoisotopic (exact) mass is 304 g/mol. The Kier molecular flexibility index (Phi) is 4.89. The van der Waals surface area contributed by atoms with Gasteiger partial charge in [-0.25, -0.2) is 9.18 Å². The number of carbonyl (C=O) groups is 2. The zero-order valence-corrected chi connectivity index (χ0v) is 10.3. The van der Waals surface area contributed by atoms with Crippen LogP contribution in [-0.2, 0) is 11.3 Å². The molecule has 17 heavy (non-hydrogen) atoms. The highest BCUT2D eigenvalue weighted by atomic mass is 79.9. The number of hydrogen-bond acceptors (Lipinski definition) is 2. The van der Waals surface area contributed by atoms with E-state index >= 15 is 0 Å². The lowest BCUT2D eigenvalue weighted by atomic mass is 10.2. The van der Waals surface area contributed by atoms with Gasteiger partial charge in [0.1, 0.15) is 12.4 Å². The molecule has 0 spiro atoms. The summed E-state index contributed by atoms with van der Waals surface area (Å²) in [6.45, 7) is -0.361. The maximum Gasteiger partial charge on any atom is 0.323 e. The molecular weight excluding hydrogens is 295 g/mol. The van der Waals surface area contributed by atoms with Crippen molar-refractivity contribution in [1.82, 2.24) is 10.6 Å². The number of nitrogens with one attached hydrogen (secondary N) is 2. The lowest BCUT2D eigenvalue weighted by Gasteiger charge is -2.07. The molecule has 5 nitrogen and oxygen atoms in total. The maximum atomic E-state index is 13.1. The minimum Gasteiger partial charge on any atom is -0.480 e. The first kappa shape index (κ1) is 13.4. The van der Waals surface area contributed by atoms with E-state index in [0.29, 0.717) is 5.56 Å². The summed E-state index contributed by atoms with van der Waals surface area (Å²) in [6, 6.07) is 3.83. The molecule has 0 aromatic heterocycles. The van der Waals surface area contributed by atoms with Gasteiger partial charge < -0.3 is 15.7 Å². The van der Waals surface area contributed by atoms with Gasteiger partial charge in [-0.1, -0.05) is 12.1 Å². The molecule has 2 amide bonds. The highest BCUT2D eigenvalue weighted by Gasteiger charge is 2.07. The van der Waals surface area contributed by atoms with E-state index in [2.05, 4.69) is 26.6 Å². The van der Waals surface area contributed by atoms with Gasteiger partial charge in [-0.3, -0.25) is 4.79 Å². The van der Waals surface area contributed by atoms with Gasteiger partial charge in [0, 0.05) is 6.54 Å². The fourth-order valence-electron chi connectivity index (χ4n) is 1.08. The summed E-state index contributed by atoms with van der Waals surface area (Å²) in [5, 5.41) is 12.9. The SMILES string of the molecule is O=C(O)CNC(=O)NCc1cccc(F)c1Br. The van der Waals surface area contributed by atoms with Crippen molar-refractivity contribution in [3.05, 3.63) is 34.1 Å². The molecule has 0 atom stereocenters. The lowest BCUT2D eigenvalue weighted by molar-refractivity contribution is -0.135. The molecule has 0 aliphatic carbocycles. The molecule has 0 aliphatic heterocycles. The van der Waals surface area contributed by atoms with Crippen molar-refractivity contribution in [2.75, 3.05) is 6.54 Å². The number of urea groups is 1. The number of carbonyl (C=O) groups excluding carboxylic acids is 1. The van der Waals surface area contributed by atoms with Crippen LogP contribution in [0.4, 0.5) is 9.18 Å². The normalized spacial score (nSPS) is 9.76. The van der Waals surface area contributed by atoms with Gasteiger partial charge >= 0.3 is 12.0 Å². The molecule has 0 heterocycles. The number of halogens is 2. The quantitative estimate of drug-likeness (QED) is 0.788. The van der Waals surface area contributed by atoms with Crippen molar-refractivity contribution in [3.8, 4) is 0 Å². The second-order valence-electron chi connectivity index (χ2n) is 3.14. The third-order valence-electron chi connectivity index (χ3n) is 1.87. The van der Waals surface area contributed by atoms with Crippen molar-refractivity contribution < 1.29 is 19.1 Å². The molecule has 1 aromatic rings. The van der Waals surface area contributed by atoms with Crippen LogP contribution in [0, 0.1) is 5.82 Å². The van der Waals surface area contributed by atoms with E-state index in [1.54, 1.807) is 6.07 Å². The van der Waals surface area contributed by atoms with E-state index in [0.717, 1.165) is 0 Å². The van der Waals surface area contributed by atoms with Crippen LogP contribution in [0.2, 0.25) is 0 Å². The van der Waals surface area contributed by atoms with Crippen LogP contribution in [0.5, 0.6) is 0 Å². The summed E-state index contributed by atoms with van der Waals surface area (Å²) in [4.78, 5) is 21.3. The predicted octanol–water partition coefficient (Wildman–Crippen LogP) is 1.47. The second-order valence-corrected chi connectivity index (χ2v) is 3.94. The topological polar surface area (TPSA) is 78.4 Å². The summed E-state index contributed by atoms with van der Waals surface area (Å²) in [6.07, 6.45) is 0. The maximum absolute atomic E-state index is 13.1. The summed E-state index contributed by atoms with van der Waals surface area (Å²) in [5.41, 5.74) is 0.565. The van der Waals surface area contributed by atoms with Crippen molar-refractivity contribution >= 4 is 27.9 Å². The third kappa shape index (κ3) is 4.39. The Balaban J connectivity index is 2.47. The molecule has 7 heteroatoms. The van der Waals surface area contributed by atoms with Crippen molar-refractivity contribution in [2.24, 2.45) is 0 Å². The molecule has 0 radical (unpaired) electrons. The van der Waals surface area contributed by atoms with Gasteiger partial charge in [0.05, 0.1) is 4.47 Å². The minimum atomic E-state index is -1.13. The molecule has 0 aliphatic rings. The van der Waals surface area contributed by atoms with Crippen LogP contribution < -0.4 is 10.6 Å². The van der Waals surface area contributed by atoms with Gasteiger partial charge in [-0.2, -0.15) is 0 Å². The molecule has 1 aromatic carbocycles. The second kappa shape index (κ2) is 6.19. The Morgan fingerprint density at radius 3 is 2.71 bits per heavy atom. The Hall–Kier alpha value is -1.63. The summed E-state index contributed by atoms with van der Waals surface area (Å²) < 4.78 is 13.4. The summed E-state index contributed by atoms with van der Waals surface area (Å²) in [7, 11) is 0. The fraction of sp³-hybridized carbons (Fsp3) is 0.200. The van der Waals surface area contributed by atoms with Crippen molar-refractivity contribution in [3.63, 3.8) is 0 Å². The fourth-order valence-corrected chi connectivity index (χ4v) is 1.48. The zero-order valence-electron chi connectivity index (χ0n) is 8.67. The van der Waals surface area contributed by atoms with E-state index in [-0.39, 0.29) is 11.0 Å². The van der Waals surface area contributed by atoms with Crippen LogP contribution in [0.15, 0.2) is 22.7 Å². The van der Waals surface area contributed by atoms with Crippen LogP contribution >= 0.6 is 15.9 Å². The van der Waals surface area contributed by atoms with Gasteiger partial charge in [-0.05, 0) is 27.6 Å². The number of carboxylic acids is 1. The number of hydrogen-bond donors (Lipinski definition) is 3. The largest absolute Gasteiger partial charge is 0.480 e. The van der Waals surface area contributed by atoms with E-state index in [9.17, 15) is 14.0 Å². The number of amides is 2. The van der Waals surface area contributed by atoms with Crippen LogP contribution in [0.3, 0.4) is 0 Å². The third-order valence-corrected chi connectivity index (χ3v) is 2.76. The van der Waals surface area contributed by atoms with Gasteiger partial charge in [0.2, 0.25) is 0 Å². The van der Waals surface area contributed by atoms with E-state index in [4.69, 9.17) is 5.11 Å². The minimum absolute atomic E-state index is 0.101. The standard InChI is InChI=1S/C10H10BrFN2O3/c11-9-6(2-1-3-7(9)12)4-13-10(17)14-5-8(15)16/h1-3H,4-5H2,(H,15,16)(H2,13,14,17). The van der Waals surface area contributed by atoms with Gasteiger partial charge in [0.15, 0.2) is 0 Å². The van der Waals surface area contributed by atoms with Crippen LogP contribution in [-0.4, -0.2) is 23.7 Å². The van der Waals surface area contributed by atoms with E-state index in [1.807, 2.05) is 0 Å². The number of rotatable bonds is 4. The van der Waals surface area contributed by atoms with Crippen molar-refractivity contribution in [2.45, 2.75) is 6.54 Å². The van der Waals surface area contributed by atoms with E-state index in [1.165, 1.54) is 12.1 Å². The van der Waals surface area contributed by atoms with E-state index < -0.39 is 24.4 Å². The number of benzene rings is 1. The number of aliphatic carboxylic acids is 1. The summed E-state index contributed by atoms with van der Waals surface area (Å²) >= 11 is 3.05. The lowest BCUT2D eigenvalue weighted by Crippen LogP contribution is -2.38. The Morgan fingerprint density at radius 1 is 1.35 bits per heavy atom. The molecule has 0 unspecified atom stereocenters. The molecule has 0 saturated heterocycles. The predicted molar refractivity (Wildman–Crippen MR) is 62.0 cm³/mol. The van der Waals surface area contributed by atoms with Crippen LogP contribution in [0.25, 0.3) is 0 Å². The molecule has 1 rings (SSSR count). The summed E-state index contributed by atoms with van der Waals surface area (Å²) in [5.74, 6) is -1.55. The smallest absolute Gasteiger partial charge is 0.323 e. The van der Waals surface area contributed by atoms with Gasteiger partial charge in [0.25, 0.3) is 0 Å². The average molecular weight is 305 g/mol. The Morgan fingerprint density at radius 2 is 2.06 bits per heavy atom. The first-order valence-corrected chi connectivity index (χ1v) is 5.46. The first-order chi connectivity index (χ1) is 8.00. The molecule has 3 N–H and O–H groups in total. The van der Waals surface area contributed by atoms with Gasteiger partial charge in [-0.15, -0.1) is 0 Å².